The molecule has 0 aliphatic rings. The topological polar surface area (TPSA) is 56.2 Å². The van der Waals surface area contributed by atoms with Crippen LogP contribution >= 0.6 is 0 Å². The van der Waals surface area contributed by atoms with Crippen LogP contribution in [-0.4, -0.2) is 14.6 Å². The number of nitrogen functional groups attached to an aromatic ring is 1. The van der Waals surface area contributed by atoms with Crippen molar-refractivity contribution in [3.05, 3.63) is 59.7 Å². The average Bonchev–Trinajstić information content (AvgIpc) is 2.98. The van der Waals surface area contributed by atoms with E-state index in [1.54, 1.807) is 0 Å². The zero-order valence-electron chi connectivity index (χ0n) is 15.0. The minimum Gasteiger partial charge on any atom is -0.399 e. The SMILES string of the molecule is Cc1cc2nnc(-c3ccc(C(C)(C)C)cc3)n2c2ccc(N)cc12. The van der Waals surface area contributed by atoms with Crippen molar-refractivity contribution in [2.24, 2.45) is 0 Å². The van der Waals surface area contributed by atoms with Crippen molar-refractivity contribution in [3.63, 3.8) is 0 Å². The van der Waals surface area contributed by atoms with E-state index in [1.807, 2.05) is 18.2 Å². The Kier molecular flexibility index (Phi) is 3.32. The number of aryl methyl sites for hydroxylation is 1. The Hall–Kier alpha value is -2.88. The van der Waals surface area contributed by atoms with Gasteiger partial charge in [-0.1, -0.05) is 45.0 Å². The molecule has 0 aliphatic carbocycles. The standard InChI is InChI=1S/C21H22N4/c1-13-11-19-23-24-20(14-5-7-15(8-6-14)21(2,3)4)25(19)18-10-9-16(22)12-17(13)18/h5-12H,22H2,1-4H3. The third-order valence-corrected chi connectivity index (χ3v) is 4.73. The van der Waals surface area contributed by atoms with Gasteiger partial charge in [0, 0.05) is 16.6 Å². The molecule has 2 heterocycles. The average molecular weight is 330 g/mol. The predicted octanol–water partition coefficient (Wildman–Crippen LogP) is 4.74. The number of nitrogens with two attached hydrogens (primary N) is 1. The molecular formula is C21H22N4. The van der Waals surface area contributed by atoms with Gasteiger partial charge in [-0.05, 0) is 47.7 Å². The second-order valence-corrected chi connectivity index (χ2v) is 7.65. The van der Waals surface area contributed by atoms with E-state index in [2.05, 4.69) is 72.6 Å². The fourth-order valence-corrected chi connectivity index (χ4v) is 3.27. The number of anilines is 1. The molecule has 2 aromatic carbocycles. The van der Waals surface area contributed by atoms with E-state index >= 15 is 0 Å². The van der Waals surface area contributed by atoms with Crippen molar-refractivity contribution in [1.29, 1.82) is 0 Å². The molecule has 0 amide bonds. The fourth-order valence-electron chi connectivity index (χ4n) is 3.27. The first-order valence-electron chi connectivity index (χ1n) is 8.49. The first kappa shape index (κ1) is 15.6. The van der Waals surface area contributed by atoms with Gasteiger partial charge in [0.05, 0.1) is 5.52 Å². The minimum absolute atomic E-state index is 0.132. The van der Waals surface area contributed by atoms with E-state index in [-0.39, 0.29) is 5.41 Å². The molecule has 4 rings (SSSR count). The highest BCUT2D eigenvalue weighted by molar-refractivity contribution is 5.89. The van der Waals surface area contributed by atoms with Crippen molar-refractivity contribution in [2.75, 3.05) is 5.73 Å². The van der Waals surface area contributed by atoms with E-state index < -0.39 is 0 Å². The van der Waals surface area contributed by atoms with Gasteiger partial charge in [0.15, 0.2) is 11.5 Å². The van der Waals surface area contributed by atoms with Crippen LogP contribution in [0.15, 0.2) is 48.5 Å². The van der Waals surface area contributed by atoms with Crippen molar-refractivity contribution in [1.82, 2.24) is 14.6 Å². The van der Waals surface area contributed by atoms with Gasteiger partial charge in [0.2, 0.25) is 0 Å². The van der Waals surface area contributed by atoms with Crippen molar-refractivity contribution < 1.29 is 0 Å². The number of fused-ring (bicyclic) bond motifs is 3. The number of nitrogens with zero attached hydrogens (tertiary/aromatic N) is 3. The fraction of sp³-hybridized carbons (Fsp3) is 0.238. The molecule has 0 unspecified atom stereocenters. The zero-order valence-corrected chi connectivity index (χ0v) is 15.0. The second-order valence-electron chi connectivity index (χ2n) is 7.65. The van der Waals surface area contributed by atoms with Crippen LogP contribution in [0.5, 0.6) is 0 Å². The lowest BCUT2D eigenvalue weighted by Gasteiger charge is -2.19. The number of rotatable bonds is 1. The normalized spacial score (nSPS) is 12.2. The van der Waals surface area contributed by atoms with Gasteiger partial charge in [-0.25, -0.2) is 0 Å². The molecule has 2 N–H and O–H groups in total. The van der Waals surface area contributed by atoms with Crippen molar-refractivity contribution in [3.8, 4) is 11.4 Å². The Labute approximate surface area is 147 Å². The Morgan fingerprint density at radius 1 is 0.920 bits per heavy atom. The third-order valence-electron chi connectivity index (χ3n) is 4.73. The molecule has 4 aromatic rings. The maximum Gasteiger partial charge on any atom is 0.168 e. The smallest absolute Gasteiger partial charge is 0.168 e. The van der Waals surface area contributed by atoms with Gasteiger partial charge in [0.25, 0.3) is 0 Å². The Balaban J connectivity index is 1.97. The van der Waals surface area contributed by atoms with E-state index in [0.29, 0.717) is 0 Å². The predicted molar refractivity (Wildman–Crippen MR) is 104 cm³/mol. The molecule has 0 fully saturated rings. The Morgan fingerprint density at radius 3 is 2.32 bits per heavy atom. The summed E-state index contributed by atoms with van der Waals surface area (Å²) in [4.78, 5) is 0. The van der Waals surface area contributed by atoms with Crippen LogP contribution in [0.3, 0.4) is 0 Å². The quantitative estimate of drug-likeness (QED) is 0.513. The van der Waals surface area contributed by atoms with E-state index in [0.717, 1.165) is 39.2 Å². The molecule has 0 saturated carbocycles. The van der Waals surface area contributed by atoms with Crippen LogP contribution < -0.4 is 5.73 Å². The summed E-state index contributed by atoms with van der Waals surface area (Å²) >= 11 is 0. The van der Waals surface area contributed by atoms with Crippen LogP contribution in [0.25, 0.3) is 27.9 Å². The molecule has 4 heteroatoms. The maximum atomic E-state index is 5.98. The van der Waals surface area contributed by atoms with Gasteiger partial charge >= 0.3 is 0 Å². The number of pyridine rings is 1. The van der Waals surface area contributed by atoms with Gasteiger partial charge in [-0.2, -0.15) is 0 Å². The second kappa shape index (κ2) is 5.31. The molecule has 25 heavy (non-hydrogen) atoms. The van der Waals surface area contributed by atoms with E-state index in [9.17, 15) is 0 Å². The summed E-state index contributed by atoms with van der Waals surface area (Å²) in [5.74, 6) is 0.852. The Bertz CT molecular complexity index is 1080. The maximum absolute atomic E-state index is 5.98. The third kappa shape index (κ3) is 2.54. The van der Waals surface area contributed by atoms with Gasteiger partial charge in [-0.15, -0.1) is 10.2 Å². The highest BCUT2D eigenvalue weighted by atomic mass is 15.2. The molecule has 0 saturated heterocycles. The van der Waals surface area contributed by atoms with Crippen molar-refractivity contribution in [2.45, 2.75) is 33.1 Å². The summed E-state index contributed by atoms with van der Waals surface area (Å²) in [5.41, 5.74) is 12.3. The summed E-state index contributed by atoms with van der Waals surface area (Å²) in [6.45, 7) is 8.73. The van der Waals surface area contributed by atoms with E-state index in [4.69, 9.17) is 5.73 Å². The first-order chi connectivity index (χ1) is 11.8. The molecular weight excluding hydrogens is 308 g/mol. The largest absolute Gasteiger partial charge is 0.399 e. The van der Waals surface area contributed by atoms with Gasteiger partial charge < -0.3 is 5.73 Å². The monoisotopic (exact) mass is 330 g/mol. The lowest BCUT2D eigenvalue weighted by molar-refractivity contribution is 0.590. The summed E-state index contributed by atoms with van der Waals surface area (Å²) in [6, 6.07) is 16.6. The highest BCUT2D eigenvalue weighted by Crippen LogP contribution is 2.29. The summed E-state index contributed by atoms with van der Waals surface area (Å²) in [6.07, 6.45) is 0. The lowest BCUT2D eigenvalue weighted by Crippen LogP contribution is -2.10. The molecule has 0 atom stereocenters. The number of aromatic nitrogens is 3. The van der Waals surface area contributed by atoms with Gasteiger partial charge in [0.1, 0.15) is 0 Å². The number of benzene rings is 2. The summed E-state index contributed by atoms with van der Waals surface area (Å²) in [5, 5.41) is 9.96. The van der Waals surface area contributed by atoms with Crippen LogP contribution in [0.1, 0.15) is 31.9 Å². The van der Waals surface area contributed by atoms with Crippen LogP contribution in [-0.2, 0) is 5.41 Å². The first-order valence-corrected chi connectivity index (χ1v) is 8.49. The molecule has 126 valence electrons. The van der Waals surface area contributed by atoms with Crippen LogP contribution in [0.2, 0.25) is 0 Å². The summed E-state index contributed by atoms with van der Waals surface area (Å²) in [7, 11) is 0. The minimum atomic E-state index is 0.132. The molecule has 0 bridgehead atoms. The number of hydrogen-bond acceptors (Lipinski definition) is 3. The lowest BCUT2D eigenvalue weighted by atomic mass is 9.87. The Morgan fingerprint density at radius 2 is 1.64 bits per heavy atom. The molecule has 0 radical (unpaired) electrons. The molecule has 0 aliphatic heterocycles. The molecule has 4 nitrogen and oxygen atoms in total. The number of hydrogen-bond donors (Lipinski definition) is 1. The van der Waals surface area contributed by atoms with Crippen LogP contribution in [0.4, 0.5) is 5.69 Å². The van der Waals surface area contributed by atoms with E-state index in [1.165, 1.54) is 5.56 Å². The van der Waals surface area contributed by atoms with Crippen LogP contribution in [0, 0.1) is 6.92 Å². The zero-order chi connectivity index (χ0) is 17.8. The highest BCUT2D eigenvalue weighted by Gasteiger charge is 2.16. The molecule has 0 spiro atoms. The van der Waals surface area contributed by atoms with Crippen molar-refractivity contribution >= 4 is 22.2 Å². The molecule has 2 aromatic heterocycles. The summed E-state index contributed by atoms with van der Waals surface area (Å²) < 4.78 is 2.11. The van der Waals surface area contributed by atoms with Gasteiger partial charge in [-0.3, -0.25) is 4.40 Å².